The molecule has 0 unspecified atom stereocenters. The third kappa shape index (κ3) is 5.57. The lowest BCUT2D eigenvalue weighted by Gasteiger charge is -2.26. The van der Waals surface area contributed by atoms with Crippen LogP contribution < -0.4 is 10.6 Å². The molecule has 2 heterocycles. The average Bonchev–Trinajstić information content (AvgIpc) is 3.18. The van der Waals surface area contributed by atoms with Gasteiger partial charge in [0.05, 0.1) is 27.7 Å². The van der Waals surface area contributed by atoms with E-state index in [0.717, 1.165) is 17.9 Å². The van der Waals surface area contributed by atoms with Crippen molar-refractivity contribution in [1.82, 2.24) is 10.2 Å². The van der Waals surface area contributed by atoms with E-state index in [4.69, 9.17) is 21.8 Å². The summed E-state index contributed by atoms with van der Waals surface area (Å²) in [6, 6.07) is 8.66. The van der Waals surface area contributed by atoms with Crippen molar-refractivity contribution < 1.29 is 25.6 Å². The van der Waals surface area contributed by atoms with E-state index >= 15 is 4.39 Å². The molecule has 0 aliphatic carbocycles. The van der Waals surface area contributed by atoms with Crippen LogP contribution in [-0.4, -0.2) is 57.4 Å². The van der Waals surface area contributed by atoms with Crippen molar-refractivity contribution in [3.63, 3.8) is 0 Å². The first-order valence-corrected chi connectivity index (χ1v) is 14.3. The molecule has 0 radical (unpaired) electrons. The number of anilines is 1. The van der Waals surface area contributed by atoms with Crippen LogP contribution in [0.3, 0.4) is 0 Å². The van der Waals surface area contributed by atoms with Crippen LogP contribution in [-0.2, 0) is 32.6 Å². The van der Waals surface area contributed by atoms with Crippen LogP contribution in [0.5, 0.6) is 0 Å². The standard InChI is InChI=1S/C21H22ClFN4O5S2/c1-33(28,29)7-6-20-25-26-21(32-20)16-8-18-19(9-17(16)23)34(30,31)12-15(24)11-27(18)10-13-2-4-14(22)5-3-13/h2-5,8-9,15H,6-7,10-12,24H2,1H3/t15-/m1/s1. The number of nitrogens with zero attached hydrogens (tertiary/aromatic N) is 3. The van der Waals surface area contributed by atoms with Gasteiger partial charge in [-0.2, -0.15) is 0 Å². The van der Waals surface area contributed by atoms with E-state index in [9.17, 15) is 16.8 Å². The van der Waals surface area contributed by atoms with Gasteiger partial charge in [-0.25, -0.2) is 21.2 Å². The average molecular weight is 529 g/mol. The molecule has 4 rings (SSSR count). The van der Waals surface area contributed by atoms with Crippen molar-refractivity contribution in [3.05, 3.63) is 58.7 Å². The van der Waals surface area contributed by atoms with Crippen LogP contribution >= 0.6 is 11.6 Å². The van der Waals surface area contributed by atoms with Crippen molar-refractivity contribution in [3.8, 4) is 11.5 Å². The minimum Gasteiger partial charge on any atom is -0.421 e. The van der Waals surface area contributed by atoms with Gasteiger partial charge >= 0.3 is 0 Å². The molecule has 0 bridgehead atoms. The van der Waals surface area contributed by atoms with E-state index in [-0.39, 0.29) is 52.4 Å². The highest BCUT2D eigenvalue weighted by Crippen LogP contribution is 2.36. The fourth-order valence-corrected chi connectivity index (χ4v) is 6.02. The summed E-state index contributed by atoms with van der Waals surface area (Å²) in [7, 11) is -7.12. The number of hydrogen-bond acceptors (Lipinski definition) is 9. The minimum absolute atomic E-state index is 0.0235. The SMILES string of the molecule is CS(=O)(=O)CCc1nnc(-c2cc3c(cc2F)S(=O)(=O)C[C@H](N)CN3Cc2ccc(Cl)cc2)o1. The van der Waals surface area contributed by atoms with Crippen LogP contribution in [0.25, 0.3) is 11.5 Å². The molecule has 3 aromatic rings. The molecule has 1 aliphatic heterocycles. The number of hydrogen-bond donors (Lipinski definition) is 1. The van der Waals surface area contributed by atoms with Crippen molar-refractivity contribution in [2.45, 2.75) is 23.9 Å². The summed E-state index contributed by atoms with van der Waals surface area (Å²) in [6.07, 6.45) is 1.06. The number of benzene rings is 2. The summed E-state index contributed by atoms with van der Waals surface area (Å²) in [6.45, 7) is 0.519. The second kappa shape index (κ2) is 9.25. The Morgan fingerprint density at radius 1 is 1.24 bits per heavy atom. The number of fused-ring (bicyclic) bond motifs is 1. The molecule has 0 saturated heterocycles. The Morgan fingerprint density at radius 2 is 1.94 bits per heavy atom. The second-order valence-corrected chi connectivity index (χ2v) is 12.9. The molecule has 0 spiro atoms. The molecule has 2 aromatic carbocycles. The van der Waals surface area contributed by atoms with Gasteiger partial charge in [0.25, 0.3) is 5.89 Å². The first kappa shape index (κ1) is 24.6. The predicted octanol–water partition coefficient (Wildman–Crippen LogP) is 2.24. The van der Waals surface area contributed by atoms with E-state index in [1.807, 2.05) is 12.1 Å². The van der Waals surface area contributed by atoms with E-state index in [0.29, 0.717) is 11.6 Å². The van der Waals surface area contributed by atoms with Gasteiger partial charge in [0.2, 0.25) is 5.89 Å². The molecule has 0 saturated carbocycles. The van der Waals surface area contributed by atoms with Crippen molar-refractivity contribution in [2.75, 3.05) is 29.2 Å². The van der Waals surface area contributed by atoms with Gasteiger partial charge in [-0.15, -0.1) is 10.2 Å². The molecule has 0 fully saturated rings. The molecule has 1 atom stereocenters. The Hall–Kier alpha value is -2.54. The van der Waals surface area contributed by atoms with Gasteiger partial charge in [-0.1, -0.05) is 23.7 Å². The summed E-state index contributed by atoms with van der Waals surface area (Å²) in [5, 5.41) is 8.18. The van der Waals surface area contributed by atoms with E-state index in [1.54, 1.807) is 17.0 Å². The Balaban J connectivity index is 1.76. The Morgan fingerprint density at radius 3 is 2.62 bits per heavy atom. The van der Waals surface area contributed by atoms with Gasteiger partial charge in [-0.3, -0.25) is 0 Å². The number of rotatable bonds is 6. The van der Waals surface area contributed by atoms with Gasteiger partial charge < -0.3 is 15.1 Å². The smallest absolute Gasteiger partial charge is 0.250 e. The first-order chi connectivity index (χ1) is 15.9. The molecule has 9 nitrogen and oxygen atoms in total. The Labute approximate surface area is 201 Å². The predicted molar refractivity (Wildman–Crippen MR) is 126 cm³/mol. The normalized spacial score (nSPS) is 17.9. The monoisotopic (exact) mass is 528 g/mol. The second-order valence-electron chi connectivity index (χ2n) is 8.23. The van der Waals surface area contributed by atoms with Gasteiger partial charge in [0.1, 0.15) is 15.7 Å². The summed E-state index contributed by atoms with van der Waals surface area (Å²) >= 11 is 5.97. The van der Waals surface area contributed by atoms with E-state index in [1.165, 1.54) is 6.07 Å². The van der Waals surface area contributed by atoms with Crippen LogP contribution in [0, 0.1) is 5.82 Å². The molecule has 0 amide bonds. The highest BCUT2D eigenvalue weighted by molar-refractivity contribution is 7.91. The number of aromatic nitrogens is 2. The lowest BCUT2D eigenvalue weighted by atomic mass is 10.1. The quantitative estimate of drug-likeness (QED) is 0.510. The van der Waals surface area contributed by atoms with Gasteiger partial charge in [0.15, 0.2) is 9.84 Å². The number of sulfone groups is 2. The lowest BCUT2D eigenvalue weighted by molar-refractivity contribution is 0.506. The van der Waals surface area contributed by atoms with Crippen LogP contribution in [0.1, 0.15) is 11.5 Å². The zero-order valence-corrected chi connectivity index (χ0v) is 20.5. The van der Waals surface area contributed by atoms with Crippen LogP contribution in [0.4, 0.5) is 10.1 Å². The van der Waals surface area contributed by atoms with Gasteiger partial charge in [-0.05, 0) is 29.8 Å². The molecular formula is C21H22ClFN4O5S2. The van der Waals surface area contributed by atoms with Crippen molar-refractivity contribution in [2.24, 2.45) is 5.73 Å². The van der Waals surface area contributed by atoms with E-state index in [2.05, 4.69) is 10.2 Å². The Bertz CT molecular complexity index is 1430. The third-order valence-electron chi connectivity index (χ3n) is 5.28. The largest absolute Gasteiger partial charge is 0.421 e. The molecule has 1 aliphatic rings. The highest BCUT2D eigenvalue weighted by atomic mass is 35.5. The zero-order chi connectivity index (χ0) is 24.7. The molecular weight excluding hydrogens is 507 g/mol. The molecule has 34 heavy (non-hydrogen) atoms. The summed E-state index contributed by atoms with van der Waals surface area (Å²) in [5.41, 5.74) is 7.11. The van der Waals surface area contributed by atoms with Crippen molar-refractivity contribution >= 4 is 37.0 Å². The topological polar surface area (TPSA) is 136 Å². The summed E-state index contributed by atoms with van der Waals surface area (Å²) in [5.74, 6) is -1.54. The lowest BCUT2D eigenvalue weighted by Crippen LogP contribution is -2.39. The minimum atomic E-state index is -3.86. The van der Waals surface area contributed by atoms with Crippen LogP contribution in [0.2, 0.25) is 5.02 Å². The molecule has 1 aromatic heterocycles. The Kier molecular flexibility index (Phi) is 6.69. The fraction of sp³-hybridized carbons (Fsp3) is 0.333. The molecule has 182 valence electrons. The maximum absolute atomic E-state index is 15.1. The summed E-state index contributed by atoms with van der Waals surface area (Å²) in [4.78, 5) is 1.59. The maximum atomic E-state index is 15.1. The van der Waals surface area contributed by atoms with Crippen LogP contribution in [0.15, 0.2) is 45.7 Å². The fourth-order valence-electron chi connectivity index (χ4n) is 3.71. The first-order valence-electron chi connectivity index (χ1n) is 10.2. The number of aryl methyl sites for hydroxylation is 1. The third-order valence-corrected chi connectivity index (χ3v) is 8.35. The zero-order valence-electron chi connectivity index (χ0n) is 18.1. The highest BCUT2D eigenvalue weighted by Gasteiger charge is 2.32. The molecule has 13 heteroatoms. The maximum Gasteiger partial charge on any atom is 0.250 e. The van der Waals surface area contributed by atoms with Gasteiger partial charge in [0, 0.05) is 36.8 Å². The van der Waals surface area contributed by atoms with E-state index < -0.39 is 31.5 Å². The van der Waals surface area contributed by atoms with Crippen molar-refractivity contribution in [1.29, 1.82) is 0 Å². The number of halogens is 2. The molecule has 2 N–H and O–H groups in total. The summed E-state index contributed by atoms with van der Waals surface area (Å²) < 4.78 is 69.2. The number of nitrogens with two attached hydrogens (primary N) is 1.